The summed E-state index contributed by atoms with van der Waals surface area (Å²) in [5, 5.41) is 21.4. The molecular formula is C20H31NO4S. The Morgan fingerprint density at radius 1 is 1.38 bits per heavy atom. The predicted octanol–water partition coefficient (Wildman–Crippen LogP) is 3.53. The van der Waals surface area contributed by atoms with Gasteiger partial charge in [-0.3, -0.25) is 4.79 Å². The van der Waals surface area contributed by atoms with Crippen LogP contribution in [0.5, 0.6) is 0 Å². The van der Waals surface area contributed by atoms with Crippen molar-refractivity contribution in [2.75, 3.05) is 7.11 Å². The molecule has 1 aliphatic rings. The first-order chi connectivity index (χ1) is 12.5. The van der Waals surface area contributed by atoms with Gasteiger partial charge in [0, 0.05) is 23.6 Å². The number of aromatic nitrogens is 1. The molecule has 3 atom stereocenters. The minimum atomic E-state index is -0.448. The molecule has 5 nitrogen and oxygen atoms in total. The van der Waals surface area contributed by atoms with Crippen molar-refractivity contribution in [2.24, 2.45) is 0 Å². The van der Waals surface area contributed by atoms with E-state index in [9.17, 15) is 15.0 Å². The number of aliphatic hydroxyl groups is 2. The van der Waals surface area contributed by atoms with Crippen molar-refractivity contribution in [2.45, 2.75) is 82.8 Å². The Labute approximate surface area is 160 Å². The quantitative estimate of drug-likeness (QED) is 0.348. The number of hydrogen-bond acceptors (Lipinski definition) is 6. The number of ether oxygens (including phenoxy) is 1. The lowest BCUT2D eigenvalue weighted by molar-refractivity contribution is -0.140. The zero-order valence-electron chi connectivity index (χ0n) is 15.8. The molecule has 0 amide bonds. The van der Waals surface area contributed by atoms with Crippen molar-refractivity contribution >= 4 is 17.3 Å². The Hall–Kier alpha value is -1.24. The largest absolute Gasteiger partial charge is 0.469 e. The second kappa shape index (κ2) is 10.8. The van der Waals surface area contributed by atoms with Crippen molar-refractivity contribution in [3.63, 3.8) is 0 Å². The molecule has 2 rings (SSSR count). The number of rotatable bonds is 11. The van der Waals surface area contributed by atoms with Gasteiger partial charge in [-0.2, -0.15) is 0 Å². The summed E-state index contributed by atoms with van der Waals surface area (Å²) >= 11 is 1.65. The van der Waals surface area contributed by atoms with Crippen molar-refractivity contribution < 1.29 is 19.7 Å². The van der Waals surface area contributed by atoms with E-state index >= 15 is 0 Å². The van der Waals surface area contributed by atoms with E-state index in [4.69, 9.17) is 0 Å². The number of esters is 1. The summed E-state index contributed by atoms with van der Waals surface area (Å²) in [6, 6.07) is 0. The Bertz CT molecular complexity index is 599. The van der Waals surface area contributed by atoms with Crippen molar-refractivity contribution in [3.05, 3.63) is 27.7 Å². The number of aryl methyl sites for hydroxylation is 1. The number of unbranched alkanes of at least 4 members (excludes halogenated alkanes) is 3. The van der Waals surface area contributed by atoms with E-state index in [1.54, 1.807) is 11.3 Å². The molecule has 1 aromatic heterocycles. The van der Waals surface area contributed by atoms with Crippen LogP contribution in [0.3, 0.4) is 0 Å². The molecule has 0 saturated heterocycles. The van der Waals surface area contributed by atoms with Gasteiger partial charge in [0.15, 0.2) is 0 Å². The molecule has 2 N–H and O–H groups in total. The van der Waals surface area contributed by atoms with Gasteiger partial charge in [-0.15, -0.1) is 11.3 Å². The summed E-state index contributed by atoms with van der Waals surface area (Å²) in [6.07, 6.45) is 10.5. The first kappa shape index (κ1) is 21.1. The average Bonchev–Trinajstić information content (AvgIpc) is 3.13. The zero-order valence-corrected chi connectivity index (χ0v) is 16.6. The highest BCUT2D eigenvalue weighted by Gasteiger charge is 2.33. The first-order valence-electron chi connectivity index (χ1n) is 9.64. The number of thiazole rings is 1. The maximum absolute atomic E-state index is 11.1. The average molecular weight is 382 g/mol. The lowest BCUT2D eigenvalue weighted by Crippen LogP contribution is -2.12. The van der Waals surface area contributed by atoms with Crippen LogP contribution in [0.25, 0.3) is 0 Å². The van der Waals surface area contributed by atoms with E-state index in [1.807, 2.05) is 12.2 Å². The molecule has 146 valence electrons. The third-order valence-electron chi connectivity index (χ3n) is 4.78. The fourth-order valence-electron chi connectivity index (χ4n) is 3.24. The molecule has 0 aromatic carbocycles. The monoisotopic (exact) mass is 381 g/mol. The van der Waals surface area contributed by atoms with Gasteiger partial charge in [0.2, 0.25) is 0 Å². The Kier molecular flexibility index (Phi) is 8.75. The fraction of sp³-hybridized carbons (Fsp3) is 0.700. The van der Waals surface area contributed by atoms with Gasteiger partial charge in [0.05, 0.1) is 30.0 Å². The Balaban J connectivity index is 1.86. The van der Waals surface area contributed by atoms with Crippen LogP contribution in [0, 0.1) is 0 Å². The number of methoxy groups -OCH3 is 1. The standard InChI is InChI=1S/C20H31NO4S/c1-3-4-5-8-14(22)11-12-15-17(23)13-16-20(15)26-18(21-16)9-6-7-10-19(24)25-2/h11-12,14-15,17,22-23H,3-10,13H2,1-2H3/b12-11+/t14?,15-,17+/m0/s1. The third kappa shape index (κ3) is 6.18. The summed E-state index contributed by atoms with van der Waals surface area (Å²) in [6.45, 7) is 2.15. The molecule has 0 bridgehead atoms. The van der Waals surface area contributed by atoms with Gasteiger partial charge >= 0.3 is 5.97 Å². The molecule has 1 heterocycles. The SMILES string of the molecule is CCCCCC(O)/C=C/[C@@H]1c2sc(CCCCC(=O)OC)nc2C[C@H]1O. The molecule has 0 spiro atoms. The normalized spacial score (nSPS) is 20.5. The van der Waals surface area contributed by atoms with Gasteiger partial charge in [0.1, 0.15) is 0 Å². The molecule has 1 aromatic rings. The van der Waals surface area contributed by atoms with E-state index < -0.39 is 12.2 Å². The van der Waals surface area contributed by atoms with Crippen LogP contribution in [-0.4, -0.2) is 40.5 Å². The number of carbonyl (C=O) groups is 1. The van der Waals surface area contributed by atoms with Crippen LogP contribution >= 0.6 is 11.3 Å². The zero-order chi connectivity index (χ0) is 18.9. The highest BCUT2D eigenvalue weighted by molar-refractivity contribution is 7.11. The topological polar surface area (TPSA) is 79.7 Å². The summed E-state index contributed by atoms with van der Waals surface area (Å²) in [7, 11) is 1.41. The molecule has 0 aliphatic heterocycles. The van der Waals surface area contributed by atoms with Gasteiger partial charge in [-0.05, 0) is 25.7 Å². The van der Waals surface area contributed by atoms with E-state index in [2.05, 4.69) is 16.6 Å². The van der Waals surface area contributed by atoms with Gasteiger partial charge in [-0.25, -0.2) is 4.98 Å². The van der Waals surface area contributed by atoms with E-state index in [-0.39, 0.29) is 11.9 Å². The van der Waals surface area contributed by atoms with E-state index in [0.717, 1.165) is 60.5 Å². The van der Waals surface area contributed by atoms with Crippen LogP contribution < -0.4 is 0 Å². The molecule has 0 saturated carbocycles. The van der Waals surface area contributed by atoms with E-state index in [0.29, 0.717) is 12.8 Å². The lowest BCUT2D eigenvalue weighted by atomic mass is 10.0. The minimum Gasteiger partial charge on any atom is -0.469 e. The van der Waals surface area contributed by atoms with Crippen LogP contribution in [0.15, 0.2) is 12.2 Å². The summed E-state index contributed by atoms with van der Waals surface area (Å²) in [5.74, 6) is -0.232. The molecule has 6 heteroatoms. The van der Waals surface area contributed by atoms with Crippen molar-refractivity contribution in [1.82, 2.24) is 4.98 Å². The Morgan fingerprint density at radius 2 is 2.19 bits per heavy atom. The highest BCUT2D eigenvalue weighted by Crippen LogP contribution is 2.39. The number of hydrogen-bond donors (Lipinski definition) is 2. The maximum atomic E-state index is 11.1. The second-order valence-electron chi connectivity index (χ2n) is 6.95. The molecule has 26 heavy (non-hydrogen) atoms. The highest BCUT2D eigenvalue weighted by atomic mass is 32.1. The number of carbonyl (C=O) groups excluding carboxylic acids is 1. The van der Waals surface area contributed by atoms with Crippen LogP contribution in [-0.2, 0) is 22.4 Å². The molecule has 1 unspecified atom stereocenters. The van der Waals surface area contributed by atoms with Gasteiger partial charge < -0.3 is 14.9 Å². The van der Waals surface area contributed by atoms with Gasteiger partial charge in [-0.1, -0.05) is 38.3 Å². The number of nitrogens with zero attached hydrogens (tertiary/aromatic N) is 1. The van der Waals surface area contributed by atoms with Crippen molar-refractivity contribution in [1.29, 1.82) is 0 Å². The minimum absolute atomic E-state index is 0.0628. The summed E-state index contributed by atoms with van der Waals surface area (Å²) in [4.78, 5) is 16.9. The Morgan fingerprint density at radius 3 is 2.92 bits per heavy atom. The van der Waals surface area contributed by atoms with Crippen LogP contribution in [0.1, 0.15) is 73.4 Å². The fourth-order valence-corrected chi connectivity index (χ4v) is 4.51. The lowest BCUT2D eigenvalue weighted by Gasteiger charge is -2.11. The summed E-state index contributed by atoms with van der Waals surface area (Å²) < 4.78 is 4.65. The molecule has 0 fully saturated rings. The number of fused-ring (bicyclic) bond motifs is 1. The molecular weight excluding hydrogens is 350 g/mol. The number of aliphatic hydroxyl groups excluding tert-OH is 2. The van der Waals surface area contributed by atoms with E-state index in [1.165, 1.54) is 7.11 Å². The second-order valence-corrected chi connectivity index (χ2v) is 8.06. The smallest absolute Gasteiger partial charge is 0.305 e. The summed E-state index contributed by atoms with van der Waals surface area (Å²) in [5.41, 5.74) is 0.987. The molecule has 0 radical (unpaired) electrons. The first-order valence-corrected chi connectivity index (χ1v) is 10.5. The van der Waals surface area contributed by atoms with Crippen molar-refractivity contribution in [3.8, 4) is 0 Å². The predicted molar refractivity (Wildman–Crippen MR) is 103 cm³/mol. The van der Waals surface area contributed by atoms with Crippen LogP contribution in [0.4, 0.5) is 0 Å². The molecule has 1 aliphatic carbocycles. The third-order valence-corrected chi connectivity index (χ3v) is 6.04. The van der Waals surface area contributed by atoms with Crippen LogP contribution in [0.2, 0.25) is 0 Å². The van der Waals surface area contributed by atoms with Gasteiger partial charge in [0.25, 0.3) is 0 Å². The maximum Gasteiger partial charge on any atom is 0.305 e.